The molecule has 2 aromatic carbocycles. The van der Waals surface area contributed by atoms with Gasteiger partial charge in [0.1, 0.15) is 6.04 Å². The van der Waals surface area contributed by atoms with Gasteiger partial charge >= 0.3 is 12.1 Å². The first-order chi connectivity index (χ1) is 17.9. The summed E-state index contributed by atoms with van der Waals surface area (Å²) in [5, 5.41) is 15.0. The molecule has 1 fully saturated rings. The summed E-state index contributed by atoms with van der Waals surface area (Å²) in [5.41, 5.74) is 7.77. The van der Waals surface area contributed by atoms with E-state index in [1.165, 1.54) is 24.0 Å². The van der Waals surface area contributed by atoms with Gasteiger partial charge < -0.3 is 25.9 Å². The van der Waals surface area contributed by atoms with Crippen LogP contribution in [0.4, 0.5) is 4.79 Å². The molecule has 204 valence electrons. The van der Waals surface area contributed by atoms with Crippen molar-refractivity contribution in [1.29, 1.82) is 0 Å². The van der Waals surface area contributed by atoms with Crippen LogP contribution in [0.1, 0.15) is 36.5 Å². The molecule has 1 aliphatic heterocycles. The first kappa shape index (κ1) is 28.6. The number of carbonyl (C=O) groups excluding carboxylic acids is 2. The molecular weight excluding hydrogens is 514 g/mol. The van der Waals surface area contributed by atoms with Crippen molar-refractivity contribution in [2.75, 3.05) is 13.1 Å². The fraction of sp³-hybridized carbons (Fsp3) is 0.360. The smallest absolute Gasteiger partial charge is 0.404 e. The summed E-state index contributed by atoms with van der Waals surface area (Å²) >= 11 is 0. The largest absolute Gasteiger partial charge is 0.465 e. The average Bonchev–Trinajstić information content (AvgIpc) is 2.86. The van der Waals surface area contributed by atoms with Crippen LogP contribution in [0.25, 0.3) is 0 Å². The van der Waals surface area contributed by atoms with Crippen LogP contribution in [0.5, 0.6) is 0 Å². The van der Waals surface area contributed by atoms with Crippen molar-refractivity contribution in [3.63, 3.8) is 0 Å². The fourth-order valence-electron chi connectivity index (χ4n) is 4.10. The van der Waals surface area contributed by atoms with Crippen LogP contribution in [0, 0.1) is 6.92 Å². The first-order valence-corrected chi connectivity index (χ1v) is 13.4. The summed E-state index contributed by atoms with van der Waals surface area (Å²) in [6.07, 6.45) is -0.0803. The molecule has 12 nitrogen and oxygen atoms in total. The standard InChI is InChI=1S/C25H31N5O7S/c1-16-8-10-21(11-9-16)38(35,36)29-22(24(32)30-12-4-7-20(15-30)27-25(33)34)14-18-5-3-6-19(13-18)23(26)28-37-17(2)31/h3,5-6,8-11,13,20,22,27,29H,4,7,12,14-15H2,1-2H3,(H2,26,28)(H,33,34)/t20-,22-/m0/s1. The van der Waals surface area contributed by atoms with Crippen LogP contribution < -0.4 is 15.8 Å². The van der Waals surface area contributed by atoms with Crippen molar-refractivity contribution in [2.24, 2.45) is 10.9 Å². The summed E-state index contributed by atoms with van der Waals surface area (Å²) in [4.78, 5) is 41.8. The second kappa shape index (κ2) is 12.5. The predicted molar refractivity (Wildman–Crippen MR) is 139 cm³/mol. The number of carbonyl (C=O) groups is 3. The highest BCUT2D eigenvalue weighted by Gasteiger charge is 2.33. The lowest BCUT2D eigenvalue weighted by atomic mass is 10.0. The summed E-state index contributed by atoms with van der Waals surface area (Å²) < 4.78 is 28.9. The van der Waals surface area contributed by atoms with E-state index in [2.05, 4.69) is 20.0 Å². The van der Waals surface area contributed by atoms with Gasteiger partial charge in [0.15, 0.2) is 5.84 Å². The molecule has 1 heterocycles. The number of amides is 2. The highest BCUT2D eigenvalue weighted by molar-refractivity contribution is 7.89. The minimum atomic E-state index is -4.07. The molecule has 0 bridgehead atoms. The number of hydrogen-bond acceptors (Lipinski definition) is 7. The predicted octanol–water partition coefficient (Wildman–Crippen LogP) is 1.33. The quantitative estimate of drug-likeness (QED) is 0.158. The Labute approximate surface area is 220 Å². The minimum Gasteiger partial charge on any atom is -0.465 e. The number of likely N-dealkylation sites (tertiary alicyclic amines) is 1. The average molecular weight is 546 g/mol. The van der Waals surface area contributed by atoms with E-state index in [9.17, 15) is 22.8 Å². The van der Waals surface area contributed by atoms with Crippen LogP contribution in [-0.4, -0.2) is 67.4 Å². The third-order valence-electron chi connectivity index (χ3n) is 5.92. The molecule has 0 aromatic heterocycles. The van der Waals surface area contributed by atoms with Gasteiger partial charge in [0.2, 0.25) is 15.9 Å². The molecule has 0 saturated carbocycles. The van der Waals surface area contributed by atoms with Gasteiger partial charge in [-0.1, -0.05) is 41.1 Å². The van der Waals surface area contributed by atoms with Crippen molar-refractivity contribution in [3.8, 4) is 0 Å². The van der Waals surface area contributed by atoms with E-state index in [0.717, 1.165) is 5.56 Å². The van der Waals surface area contributed by atoms with Crippen LogP contribution in [0.3, 0.4) is 0 Å². The lowest BCUT2D eigenvalue weighted by Gasteiger charge is -2.35. The number of amidine groups is 1. The molecule has 1 saturated heterocycles. The summed E-state index contributed by atoms with van der Waals surface area (Å²) in [6.45, 7) is 3.50. The van der Waals surface area contributed by atoms with Gasteiger partial charge in [0.05, 0.1) is 4.90 Å². The number of carboxylic acid groups (broad SMARTS) is 1. The number of nitrogens with zero attached hydrogens (tertiary/aromatic N) is 2. The molecule has 2 aromatic rings. The Morgan fingerprint density at radius 1 is 1.21 bits per heavy atom. The number of hydrogen-bond donors (Lipinski definition) is 4. The summed E-state index contributed by atoms with van der Waals surface area (Å²) in [5.74, 6) is -1.19. The van der Waals surface area contributed by atoms with Gasteiger partial charge in [-0.25, -0.2) is 18.0 Å². The van der Waals surface area contributed by atoms with Crippen LogP contribution in [-0.2, 0) is 30.9 Å². The van der Waals surface area contributed by atoms with Gasteiger partial charge in [-0.3, -0.25) is 4.79 Å². The number of sulfonamides is 1. The molecule has 3 rings (SSSR count). The molecule has 0 spiro atoms. The molecule has 2 atom stereocenters. The van der Waals surface area contributed by atoms with Gasteiger partial charge in [0, 0.05) is 31.6 Å². The monoisotopic (exact) mass is 545 g/mol. The van der Waals surface area contributed by atoms with E-state index in [4.69, 9.17) is 10.8 Å². The normalized spacial score (nSPS) is 16.9. The van der Waals surface area contributed by atoms with Crippen LogP contribution in [0.2, 0.25) is 0 Å². The second-order valence-electron chi connectivity index (χ2n) is 9.02. The molecule has 0 radical (unpaired) electrons. The third kappa shape index (κ3) is 8.02. The molecule has 38 heavy (non-hydrogen) atoms. The topological polar surface area (TPSA) is 180 Å². The Kier molecular flexibility index (Phi) is 9.42. The Balaban J connectivity index is 1.89. The second-order valence-corrected chi connectivity index (χ2v) is 10.7. The number of nitrogens with two attached hydrogens (primary N) is 1. The van der Waals surface area contributed by atoms with Crippen molar-refractivity contribution in [2.45, 2.75) is 50.1 Å². The van der Waals surface area contributed by atoms with Gasteiger partial charge in [-0.2, -0.15) is 4.72 Å². The van der Waals surface area contributed by atoms with E-state index in [-0.39, 0.29) is 23.7 Å². The SMILES string of the molecule is CC(=O)ON=C(N)c1cccc(C[C@H](NS(=O)(=O)c2ccc(C)cc2)C(=O)N2CCC[C@H](NC(=O)O)C2)c1. The Morgan fingerprint density at radius 2 is 1.92 bits per heavy atom. The minimum absolute atomic E-state index is 0.0106. The molecule has 2 amide bonds. The number of oxime groups is 1. The third-order valence-corrected chi connectivity index (χ3v) is 7.41. The van der Waals surface area contributed by atoms with E-state index in [1.807, 2.05) is 6.92 Å². The molecule has 5 N–H and O–H groups in total. The number of benzene rings is 2. The van der Waals surface area contributed by atoms with Crippen molar-refractivity contribution in [1.82, 2.24) is 14.9 Å². The van der Waals surface area contributed by atoms with Gasteiger partial charge in [-0.05, 0) is 49.9 Å². The van der Waals surface area contributed by atoms with Crippen molar-refractivity contribution >= 4 is 33.8 Å². The Bertz CT molecular complexity index is 1310. The number of rotatable bonds is 9. The number of piperidine rings is 1. The maximum absolute atomic E-state index is 13.6. The lowest BCUT2D eigenvalue weighted by molar-refractivity contribution is -0.141. The number of nitrogens with one attached hydrogen (secondary N) is 2. The Morgan fingerprint density at radius 3 is 2.58 bits per heavy atom. The summed E-state index contributed by atoms with van der Waals surface area (Å²) in [7, 11) is -4.07. The first-order valence-electron chi connectivity index (χ1n) is 11.9. The Hall–Kier alpha value is -3.97. The molecule has 1 aliphatic rings. The maximum Gasteiger partial charge on any atom is 0.404 e. The van der Waals surface area contributed by atoms with Gasteiger partial charge in [-0.15, -0.1) is 0 Å². The van der Waals surface area contributed by atoms with E-state index < -0.39 is 40.1 Å². The zero-order chi connectivity index (χ0) is 27.9. The van der Waals surface area contributed by atoms with E-state index in [0.29, 0.717) is 30.5 Å². The molecular formula is C25H31N5O7S. The molecule has 0 aliphatic carbocycles. The number of aryl methyl sites for hydroxylation is 1. The highest BCUT2D eigenvalue weighted by atomic mass is 32.2. The van der Waals surface area contributed by atoms with Crippen molar-refractivity contribution < 1.29 is 32.7 Å². The zero-order valence-corrected chi connectivity index (χ0v) is 21.9. The van der Waals surface area contributed by atoms with E-state index in [1.54, 1.807) is 36.4 Å². The fourth-order valence-corrected chi connectivity index (χ4v) is 5.29. The highest BCUT2D eigenvalue weighted by Crippen LogP contribution is 2.17. The maximum atomic E-state index is 13.6. The van der Waals surface area contributed by atoms with Crippen LogP contribution in [0.15, 0.2) is 58.6 Å². The summed E-state index contributed by atoms with van der Waals surface area (Å²) in [6, 6.07) is 11.2. The lowest BCUT2D eigenvalue weighted by Crippen LogP contribution is -2.55. The van der Waals surface area contributed by atoms with Crippen molar-refractivity contribution in [3.05, 3.63) is 65.2 Å². The van der Waals surface area contributed by atoms with Gasteiger partial charge in [0.25, 0.3) is 0 Å². The van der Waals surface area contributed by atoms with Crippen LogP contribution >= 0.6 is 0 Å². The molecule has 13 heteroatoms. The zero-order valence-electron chi connectivity index (χ0n) is 21.1. The van der Waals surface area contributed by atoms with E-state index >= 15 is 0 Å². The molecule has 0 unspecified atom stereocenters.